The van der Waals surface area contributed by atoms with Crippen molar-refractivity contribution < 1.29 is 4.74 Å². The normalized spacial score (nSPS) is 12.5. The first-order valence-electron chi connectivity index (χ1n) is 14.0. The van der Waals surface area contributed by atoms with E-state index in [9.17, 15) is 0 Å². The summed E-state index contributed by atoms with van der Waals surface area (Å²) in [6.45, 7) is 0. The second-order valence-corrected chi connectivity index (χ2v) is 12.5. The monoisotopic (exact) mass is 619 g/mol. The van der Waals surface area contributed by atoms with Gasteiger partial charge in [-0.05, 0) is 85.7 Å². The van der Waals surface area contributed by atoms with Crippen LogP contribution in [0.1, 0.15) is 0 Å². The van der Waals surface area contributed by atoms with Crippen molar-refractivity contribution in [2.24, 2.45) is 0 Å². The fourth-order valence-electron chi connectivity index (χ4n) is 6.52. The molecule has 0 atom stereocenters. The molecule has 1 aliphatic heterocycles. The Labute approximate surface area is 255 Å². The predicted octanol–water partition coefficient (Wildman–Crippen LogP) is 11.8. The van der Waals surface area contributed by atoms with Crippen LogP contribution in [0.5, 0.6) is 11.5 Å². The summed E-state index contributed by atoms with van der Waals surface area (Å²) >= 11 is 5.52. The van der Waals surface area contributed by atoms with Crippen LogP contribution in [0, 0.1) is 0 Å². The minimum absolute atomic E-state index is 0.888. The van der Waals surface area contributed by atoms with E-state index in [1.807, 2.05) is 12.1 Å². The number of fused-ring (bicyclic) bond motifs is 9. The zero-order valence-electron chi connectivity index (χ0n) is 22.3. The summed E-state index contributed by atoms with van der Waals surface area (Å²) in [4.78, 5) is 2.23. The van der Waals surface area contributed by atoms with Gasteiger partial charge in [0.05, 0.1) is 20.8 Å². The van der Waals surface area contributed by atoms with Crippen LogP contribution < -0.4 is 4.74 Å². The van der Waals surface area contributed by atoms with Crippen molar-refractivity contribution in [3.8, 4) is 28.3 Å². The average molecular weight is 621 g/mol. The van der Waals surface area contributed by atoms with Gasteiger partial charge in [-0.2, -0.15) is 0 Å². The van der Waals surface area contributed by atoms with E-state index in [4.69, 9.17) is 4.74 Å². The summed E-state index contributed by atoms with van der Waals surface area (Å²) in [6, 6.07) is 47.8. The fourth-order valence-corrected chi connectivity index (χ4v) is 8.13. The largest absolute Gasteiger partial charge is 0.454 e. The van der Waals surface area contributed by atoms with E-state index in [0.29, 0.717) is 0 Å². The van der Waals surface area contributed by atoms with Gasteiger partial charge in [-0.25, -0.2) is 0 Å². The Morgan fingerprint density at radius 1 is 0.548 bits per heavy atom. The van der Waals surface area contributed by atoms with Crippen molar-refractivity contribution in [3.05, 3.63) is 138 Å². The molecular weight excluding hydrogens is 598 g/mol. The van der Waals surface area contributed by atoms with Crippen molar-refractivity contribution in [1.29, 1.82) is 0 Å². The van der Waals surface area contributed by atoms with Crippen LogP contribution in [0.15, 0.2) is 148 Å². The van der Waals surface area contributed by atoms with Gasteiger partial charge in [0.2, 0.25) is 0 Å². The van der Waals surface area contributed by atoms with Gasteiger partial charge in [0.25, 0.3) is 0 Å². The molecule has 0 N–H and O–H groups in total. The van der Waals surface area contributed by atoms with Gasteiger partial charge in [0, 0.05) is 26.3 Å². The Morgan fingerprint density at radius 3 is 2.00 bits per heavy atom. The second kappa shape index (κ2) is 9.25. The third-order valence-electron chi connectivity index (χ3n) is 8.30. The highest BCUT2D eigenvalue weighted by Crippen LogP contribution is 2.54. The van der Waals surface area contributed by atoms with Crippen LogP contribution in [0.25, 0.3) is 60.2 Å². The van der Waals surface area contributed by atoms with Crippen LogP contribution in [0.3, 0.4) is 0 Å². The van der Waals surface area contributed by atoms with Crippen molar-refractivity contribution in [2.75, 3.05) is 0 Å². The van der Waals surface area contributed by atoms with Gasteiger partial charge in [-0.1, -0.05) is 103 Å². The van der Waals surface area contributed by atoms with E-state index in [0.717, 1.165) is 36.8 Å². The molecule has 0 amide bonds. The first-order chi connectivity index (χ1) is 20.8. The van der Waals surface area contributed by atoms with E-state index in [-0.39, 0.29) is 0 Å². The zero-order chi connectivity index (χ0) is 27.8. The summed E-state index contributed by atoms with van der Waals surface area (Å²) in [6.07, 6.45) is 0. The molecule has 0 bridgehead atoms. The van der Waals surface area contributed by atoms with Crippen molar-refractivity contribution in [3.63, 3.8) is 0 Å². The zero-order valence-corrected chi connectivity index (χ0v) is 24.7. The van der Waals surface area contributed by atoms with E-state index in [2.05, 4.69) is 142 Å². The Bertz CT molecular complexity index is 2370. The number of para-hydroxylation sites is 2. The number of hydrogen-bond donors (Lipinski definition) is 0. The van der Waals surface area contributed by atoms with Gasteiger partial charge >= 0.3 is 0 Å². The van der Waals surface area contributed by atoms with Gasteiger partial charge in [0.1, 0.15) is 11.5 Å². The highest BCUT2D eigenvalue weighted by atomic mass is 79.9. The lowest BCUT2D eigenvalue weighted by atomic mass is 9.91. The molecule has 2 nitrogen and oxygen atoms in total. The first-order valence-corrected chi connectivity index (χ1v) is 15.6. The Kier molecular flexibility index (Phi) is 5.31. The smallest absolute Gasteiger partial charge is 0.149 e. The molecule has 198 valence electrons. The lowest BCUT2D eigenvalue weighted by Crippen LogP contribution is -1.98. The number of hydrogen-bond acceptors (Lipinski definition) is 2. The SMILES string of the molecule is Brc1cccc2c1Sc1cc(-c3cc4c(c5ccccc35)c3ccccc3n4-c3ccccc3)c3ccccc3c1O2. The maximum absolute atomic E-state index is 6.58. The van der Waals surface area contributed by atoms with Crippen LogP contribution in [0.4, 0.5) is 0 Å². The molecule has 0 unspecified atom stereocenters. The third-order valence-corrected chi connectivity index (χ3v) is 10.4. The highest BCUT2D eigenvalue weighted by molar-refractivity contribution is 9.10. The van der Waals surface area contributed by atoms with E-state index < -0.39 is 0 Å². The van der Waals surface area contributed by atoms with E-state index in [1.165, 1.54) is 49.1 Å². The van der Waals surface area contributed by atoms with Gasteiger partial charge < -0.3 is 9.30 Å². The predicted molar refractivity (Wildman–Crippen MR) is 180 cm³/mol. The van der Waals surface area contributed by atoms with Crippen molar-refractivity contribution in [2.45, 2.75) is 9.79 Å². The number of benzene rings is 7. The molecule has 2 heterocycles. The molecule has 0 aliphatic carbocycles. The molecule has 0 fully saturated rings. The molecule has 0 radical (unpaired) electrons. The van der Waals surface area contributed by atoms with Crippen LogP contribution in [0.2, 0.25) is 0 Å². The molecule has 0 saturated heterocycles. The Morgan fingerprint density at radius 2 is 1.19 bits per heavy atom. The number of rotatable bonds is 2. The van der Waals surface area contributed by atoms with E-state index >= 15 is 0 Å². The maximum Gasteiger partial charge on any atom is 0.149 e. The number of halogens is 1. The number of aromatic nitrogens is 1. The quantitative estimate of drug-likeness (QED) is 0.191. The molecule has 1 aromatic heterocycles. The van der Waals surface area contributed by atoms with Crippen molar-refractivity contribution in [1.82, 2.24) is 4.57 Å². The summed E-state index contributed by atoms with van der Waals surface area (Å²) in [5.74, 6) is 1.81. The number of nitrogens with zero attached hydrogens (tertiary/aromatic N) is 1. The Balaban J connectivity index is 1.42. The maximum atomic E-state index is 6.58. The summed E-state index contributed by atoms with van der Waals surface area (Å²) < 4.78 is 10.0. The van der Waals surface area contributed by atoms with E-state index in [1.54, 1.807) is 11.8 Å². The standard InChI is InChI=1S/C38H22BrNOS/c39-31-18-10-20-34-38(31)42-35-22-30(25-14-5-7-16-27(25)37(35)41-34)29-21-33-36(26-15-6-4-13-24(26)29)28-17-8-9-19-32(28)40(33)23-11-2-1-3-12-23/h1-22H. The lowest BCUT2D eigenvalue weighted by Gasteiger charge is -2.24. The average Bonchev–Trinajstić information content (AvgIpc) is 3.38. The molecule has 0 spiro atoms. The molecule has 7 aromatic carbocycles. The molecular formula is C38H22BrNOS. The molecule has 0 saturated carbocycles. The topological polar surface area (TPSA) is 14.2 Å². The fraction of sp³-hybridized carbons (Fsp3) is 0. The van der Waals surface area contributed by atoms with Crippen molar-refractivity contribution >= 4 is 71.0 Å². The lowest BCUT2D eigenvalue weighted by molar-refractivity contribution is 0.459. The molecule has 8 aromatic rings. The highest BCUT2D eigenvalue weighted by Gasteiger charge is 2.25. The summed E-state index contributed by atoms with van der Waals surface area (Å²) in [5, 5.41) is 7.36. The molecule has 4 heteroatoms. The summed E-state index contributed by atoms with van der Waals surface area (Å²) in [7, 11) is 0. The van der Waals surface area contributed by atoms with Gasteiger partial charge in [-0.3, -0.25) is 0 Å². The minimum Gasteiger partial charge on any atom is -0.454 e. The molecule has 42 heavy (non-hydrogen) atoms. The summed E-state index contributed by atoms with van der Waals surface area (Å²) in [5.41, 5.74) is 6.00. The number of ether oxygens (including phenoxy) is 1. The van der Waals surface area contributed by atoms with Crippen LogP contribution in [-0.4, -0.2) is 4.57 Å². The van der Waals surface area contributed by atoms with Crippen LogP contribution >= 0.6 is 27.7 Å². The molecule has 1 aliphatic rings. The van der Waals surface area contributed by atoms with Gasteiger partial charge in [0.15, 0.2) is 0 Å². The molecule has 9 rings (SSSR count). The Hall–Kier alpha value is -4.51. The third kappa shape index (κ3) is 3.46. The first kappa shape index (κ1) is 24.1. The van der Waals surface area contributed by atoms with Gasteiger partial charge in [-0.15, -0.1) is 0 Å². The second-order valence-electron chi connectivity index (χ2n) is 10.6. The van der Waals surface area contributed by atoms with Crippen LogP contribution in [-0.2, 0) is 0 Å². The minimum atomic E-state index is 0.888.